The minimum absolute atomic E-state index is 0.801. The van der Waals surface area contributed by atoms with Gasteiger partial charge in [-0.25, -0.2) is 0 Å². The molecule has 2 atom stereocenters. The Morgan fingerprint density at radius 1 is 1.46 bits per heavy atom. The Kier molecular flexibility index (Phi) is 4.74. The maximum absolute atomic E-state index is 3.61. The summed E-state index contributed by atoms with van der Waals surface area (Å²) in [5.41, 5.74) is 0. The molecule has 1 fully saturated rings. The lowest BCUT2D eigenvalue weighted by atomic mass is 9.98. The summed E-state index contributed by atoms with van der Waals surface area (Å²) in [6.07, 6.45) is 1.40. The van der Waals surface area contributed by atoms with Crippen molar-refractivity contribution >= 4 is 15.9 Å². The lowest BCUT2D eigenvalue weighted by Gasteiger charge is -2.24. The summed E-state index contributed by atoms with van der Waals surface area (Å²) in [5, 5.41) is 1.15. The third-order valence-electron chi connectivity index (χ3n) is 3.14. The van der Waals surface area contributed by atoms with Crippen molar-refractivity contribution in [2.24, 2.45) is 17.8 Å². The molecule has 2 unspecified atom stereocenters. The Hall–Kier alpha value is 0.440. The minimum atomic E-state index is 0.801. The first-order valence-electron chi connectivity index (χ1n) is 5.41. The molecule has 0 aromatic carbocycles. The van der Waals surface area contributed by atoms with Gasteiger partial charge >= 0.3 is 0 Å². The van der Waals surface area contributed by atoms with Crippen molar-refractivity contribution in [3.63, 3.8) is 0 Å². The second-order valence-corrected chi connectivity index (χ2v) is 5.46. The molecular weight excluding hydrogens is 226 g/mol. The van der Waals surface area contributed by atoms with Crippen molar-refractivity contribution in [1.29, 1.82) is 0 Å². The topological polar surface area (TPSA) is 3.24 Å². The van der Waals surface area contributed by atoms with Crippen molar-refractivity contribution < 1.29 is 0 Å². The summed E-state index contributed by atoms with van der Waals surface area (Å²) >= 11 is 3.61. The summed E-state index contributed by atoms with van der Waals surface area (Å²) < 4.78 is 0. The predicted molar refractivity (Wildman–Crippen MR) is 62.3 cm³/mol. The summed E-state index contributed by atoms with van der Waals surface area (Å²) in [6.45, 7) is 10.9. The predicted octanol–water partition coefficient (Wildman–Crippen LogP) is 3.00. The SMILES string of the molecule is CC1CCN(CC(CBr)C(C)C)C1. The lowest BCUT2D eigenvalue weighted by molar-refractivity contribution is 0.249. The second-order valence-electron chi connectivity index (χ2n) is 4.81. The zero-order valence-electron chi connectivity index (χ0n) is 9.09. The summed E-state index contributed by atoms with van der Waals surface area (Å²) in [6, 6.07) is 0. The molecule has 0 spiro atoms. The number of nitrogens with zero attached hydrogens (tertiary/aromatic N) is 1. The van der Waals surface area contributed by atoms with Gasteiger partial charge in [0.15, 0.2) is 0 Å². The van der Waals surface area contributed by atoms with E-state index in [0.717, 1.165) is 23.1 Å². The molecule has 1 nitrogen and oxygen atoms in total. The van der Waals surface area contributed by atoms with Crippen LogP contribution < -0.4 is 0 Å². The molecule has 0 aliphatic carbocycles. The second kappa shape index (κ2) is 5.35. The van der Waals surface area contributed by atoms with Crippen molar-refractivity contribution in [1.82, 2.24) is 4.90 Å². The van der Waals surface area contributed by atoms with E-state index in [0.29, 0.717) is 0 Å². The van der Waals surface area contributed by atoms with Gasteiger partial charge in [-0.2, -0.15) is 0 Å². The van der Waals surface area contributed by atoms with Gasteiger partial charge in [0, 0.05) is 18.4 Å². The molecule has 0 amide bonds. The average molecular weight is 248 g/mol. The van der Waals surface area contributed by atoms with Crippen LogP contribution in [0.3, 0.4) is 0 Å². The fourth-order valence-corrected chi connectivity index (χ4v) is 2.91. The smallest absolute Gasteiger partial charge is 0.00743 e. The fourth-order valence-electron chi connectivity index (χ4n) is 1.96. The highest BCUT2D eigenvalue weighted by Crippen LogP contribution is 2.20. The van der Waals surface area contributed by atoms with E-state index in [4.69, 9.17) is 0 Å². The van der Waals surface area contributed by atoms with Crippen LogP contribution >= 0.6 is 15.9 Å². The quantitative estimate of drug-likeness (QED) is 0.691. The van der Waals surface area contributed by atoms with Gasteiger partial charge in [-0.15, -0.1) is 0 Å². The molecule has 0 aromatic rings. The third kappa shape index (κ3) is 3.59. The molecule has 0 N–H and O–H groups in total. The maximum Gasteiger partial charge on any atom is 0.00743 e. The van der Waals surface area contributed by atoms with Crippen LogP contribution in [0.1, 0.15) is 27.2 Å². The molecule has 1 rings (SSSR count). The van der Waals surface area contributed by atoms with Crippen molar-refractivity contribution in [3.8, 4) is 0 Å². The standard InChI is InChI=1S/C11H22BrN/c1-9(2)11(6-12)8-13-5-4-10(3)7-13/h9-11H,4-8H2,1-3H3. The normalized spacial score (nSPS) is 27.0. The number of alkyl halides is 1. The van der Waals surface area contributed by atoms with E-state index in [1.54, 1.807) is 0 Å². The Morgan fingerprint density at radius 2 is 2.15 bits per heavy atom. The molecule has 1 saturated heterocycles. The first kappa shape index (κ1) is 11.5. The molecule has 1 aliphatic rings. The average Bonchev–Trinajstić information content (AvgIpc) is 2.46. The number of likely N-dealkylation sites (tertiary alicyclic amines) is 1. The van der Waals surface area contributed by atoms with Crippen LogP contribution in [0.5, 0.6) is 0 Å². The van der Waals surface area contributed by atoms with Crippen LogP contribution in [0.25, 0.3) is 0 Å². The molecule has 13 heavy (non-hydrogen) atoms. The maximum atomic E-state index is 3.61. The number of hydrogen-bond acceptors (Lipinski definition) is 1. The van der Waals surface area contributed by atoms with Gasteiger partial charge in [0.2, 0.25) is 0 Å². The summed E-state index contributed by atoms with van der Waals surface area (Å²) in [4.78, 5) is 2.62. The van der Waals surface area contributed by atoms with Gasteiger partial charge in [0.1, 0.15) is 0 Å². The van der Waals surface area contributed by atoms with Gasteiger partial charge in [-0.1, -0.05) is 36.7 Å². The first-order chi connectivity index (χ1) is 6.13. The molecule has 0 saturated carbocycles. The van der Waals surface area contributed by atoms with E-state index in [1.807, 2.05) is 0 Å². The van der Waals surface area contributed by atoms with Crippen LogP contribution in [0.4, 0.5) is 0 Å². The molecule has 2 heteroatoms. The Labute approximate surface area is 91.0 Å². The van der Waals surface area contributed by atoms with Gasteiger partial charge in [-0.3, -0.25) is 0 Å². The summed E-state index contributed by atoms with van der Waals surface area (Å²) in [7, 11) is 0. The molecule has 78 valence electrons. The van der Waals surface area contributed by atoms with Crippen molar-refractivity contribution in [2.75, 3.05) is 25.0 Å². The van der Waals surface area contributed by atoms with Crippen LogP contribution in [0.15, 0.2) is 0 Å². The molecule has 1 aliphatic heterocycles. The van der Waals surface area contributed by atoms with Gasteiger partial charge in [0.25, 0.3) is 0 Å². The van der Waals surface area contributed by atoms with Crippen LogP contribution in [0, 0.1) is 17.8 Å². The monoisotopic (exact) mass is 247 g/mol. The van der Waals surface area contributed by atoms with E-state index in [9.17, 15) is 0 Å². The van der Waals surface area contributed by atoms with E-state index in [1.165, 1.54) is 26.1 Å². The lowest BCUT2D eigenvalue weighted by Crippen LogP contribution is -2.30. The van der Waals surface area contributed by atoms with Crippen molar-refractivity contribution in [2.45, 2.75) is 27.2 Å². The molecule has 0 radical (unpaired) electrons. The van der Waals surface area contributed by atoms with E-state index >= 15 is 0 Å². The summed E-state index contributed by atoms with van der Waals surface area (Å²) in [5.74, 6) is 2.55. The number of hydrogen-bond donors (Lipinski definition) is 0. The minimum Gasteiger partial charge on any atom is -0.303 e. The van der Waals surface area contributed by atoms with Crippen LogP contribution in [-0.2, 0) is 0 Å². The van der Waals surface area contributed by atoms with Crippen LogP contribution in [-0.4, -0.2) is 29.9 Å². The number of halogens is 1. The van der Waals surface area contributed by atoms with Crippen LogP contribution in [0.2, 0.25) is 0 Å². The molecule has 1 heterocycles. The first-order valence-corrected chi connectivity index (χ1v) is 6.54. The highest BCUT2D eigenvalue weighted by molar-refractivity contribution is 9.09. The highest BCUT2D eigenvalue weighted by Gasteiger charge is 2.22. The third-order valence-corrected chi connectivity index (χ3v) is 3.97. The Morgan fingerprint density at radius 3 is 2.54 bits per heavy atom. The van der Waals surface area contributed by atoms with E-state index in [-0.39, 0.29) is 0 Å². The zero-order chi connectivity index (χ0) is 9.84. The molecule has 0 aromatic heterocycles. The zero-order valence-corrected chi connectivity index (χ0v) is 10.7. The molecular formula is C11H22BrN. The van der Waals surface area contributed by atoms with Gasteiger partial charge in [-0.05, 0) is 30.7 Å². The largest absolute Gasteiger partial charge is 0.303 e. The Balaban J connectivity index is 2.30. The van der Waals surface area contributed by atoms with E-state index < -0.39 is 0 Å². The van der Waals surface area contributed by atoms with Gasteiger partial charge in [0.05, 0.1) is 0 Å². The van der Waals surface area contributed by atoms with Gasteiger partial charge < -0.3 is 4.90 Å². The van der Waals surface area contributed by atoms with E-state index in [2.05, 4.69) is 41.6 Å². The number of rotatable bonds is 4. The fraction of sp³-hybridized carbons (Fsp3) is 1.00. The molecule has 0 bridgehead atoms. The van der Waals surface area contributed by atoms with Crippen molar-refractivity contribution in [3.05, 3.63) is 0 Å². The Bertz CT molecular complexity index is 147. The highest BCUT2D eigenvalue weighted by atomic mass is 79.9.